The summed E-state index contributed by atoms with van der Waals surface area (Å²) in [5, 5.41) is 16.4. The van der Waals surface area contributed by atoms with Gasteiger partial charge in [-0.05, 0) is 57.4 Å². The lowest BCUT2D eigenvalue weighted by Crippen LogP contribution is -2.46. The molecule has 1 aromatic carbocycles. The molecule has 1 rings (SSSR count). The summed E-state index contributed by atoms with van der Waals surface area (Å²) in [4.78, 5) is 24.3. The first kappa shape index (κ1) is 26.0. The highest BCUT2D eigenvalue weighted by Crippen LogP contribution is 2.17. The number of aliphatic hydroxyl groups excluding tert-OH is 1. The normalized spacial score (nSPS) is 14.0. The lowest BCUT2D eigenvalue weighted by molar-refractivity contribution is -0.121. The van der Waals surface area contributed by atoms with Gasteiger partial charge in [-0.3, -0.25) is 4.79 Å². The summed E-state index contributed by atoms with van der Waals surface area (Å²) >= 11 is 0. The quantitative estimate of drug-likeness (QED) is 0.529. The lowest BCUT2D eigenvalue weighted by Gasteiger charge is -2.27. The minimum atomic E-state index is -0.778. The van der Waals surface area contributed by atoms with Crippen molar-refractivity contribution in [2.24, 2.45) is 5.41 Å². The molecule has 0 saturated heterocycles. The average molecular weight is 421 g/mol. The van der Waals surface area contributed by atoms with Gasteiger partial charge in [-0.25, -0.2) is 4.79 Å². The highest BCUT2D eigenvalue weighted by Gasteiger charge is 2.25. The maximum Gasteiger partial charge on any atom is 0.407 e. The molecule has 6 nitrogen and oxygen atoms in total. The third kappa shape index (κ3) is 12.5. The Morgan fingerprint density at radius 1 is 1.07 bits per heavy atom. The van der Waals surface area contributed by atoms with Crippen molar-refractivity contribution >= 4 is 12.0 Å². The molecule has 0 bridgehead atoms. The van der Waals surface area contributed by atoms with Gasteiger partial charge in [0, 0.05) is 13.0 Å². The average Bonchev–Trinajstić information content (AvgIpc) is 2.59. The summed E-state index contributed by atoms with van der Waals surface area (Å²) < 4.78 is 5.35. The first-order valence-corrected chi connectivity index (χ1v) is 10.8. The van der Waals surface area contributed by atoms with Crippen LogP contribution >= 0.6 is 0 Å². The van der Waals surface area contributed by atoms with E-state index in [2.05, 4.69) is 31.4 Å². The monoisotopic (exact) mass is 420 g/mol. The van der Waals surface area contributed by atoms with Crippen LogP contribution in [0.15, 0.2) is 30.3 Å². The third-order valence-electron chi connectivity index (χ3n) is 4.57. The number of aliphatic hydroxyl groups is 1. The van der Waals surface area contributed by atoms with Crippen LogP contribution in [0, 0.1) is 5.41 Å². The van der Waals surface area contributed by atoms with Gasteiger partial charge < -0.3 is 20.5 Å². The van der Waals surface area contributed by atoms with Crippen molar-refractivity contribution in [2.45, 2.75) is 91.4 Å². The molecule has 0 aliphatic carbocycles. The molecule has 170 valence electrons. The first-order chi connectivity index (χ1) is 13.9. The molecule has 30 heavy (non-hydrogen) atoms. The molecule has 2 amide bonds. The van der Waals surface area contributed by atoms with Crippen molar-refractivity contribution in [3.05, 3.63) is 35.9 Å². The van der Waals surface area contributed by atoms with Crippen molar-refractivity contribution in [2.75, 3.05) is 6.54 Å². The molecule has 6 heteroatoms. The van der Waals surface area contributed by atoms with E-state index in [0.29, 0.717) is 32.2 Å². The predicted molar refractivity (Wildman–Crippen MR) is 120 cm³/mol. The molecule has 0 aliphatic heterocycles. The van der Waals surface area contributed by atoms with Gasteiger partial charge in [-0.1, -0.05) is 51.1 Å². The highest BCUT2D eigenvalue weighted by molar-refractivity contribution is 5.75. The molecule has 0 aliphatic rings. The number of benzene rings is 1. The van der Waals surface area contributed by atoms with Crippen LogP contribution in [0.5, 0.6) is 0 Å². The van der Waals surface area contributed by atoms with Crippen LogP contribution in [0.2, 0.25) is 0 Å². The van der Waals surface area contributed by atoms with Crippen LogP contribution in [0.25, 0.3) is 0 Å². The molecule has 3 N–H and O–H groups in total. The van der Waals surface area contributed by atoms with Crippen LogP contribution in [0.3, 0.4) is 0 Å². The minimum Gasteiger partial charge on any atom is -0.444 e. The number of ether oxygens (including phenoxy) is 1. The summed E-state index contributed by atoms with van der Waals surface area (Å²) in [5.41, 5.74) is 0.580. The predicted octanol–water partition coefficient (Wildman–Crippen LogP) is 4.21. The largest absolute Gasteiger partial charge is 0.444 e. The molecule has 0 aromatic heterocycles. The summed E-state index contributed by atoms with van der Waals surface area (Å²) in [5.74, 6) is -0.00818. The minimum absolute atomic E-state index is 0.00818. The number of alkyl carbamates (subject to hydrolysis) is 1. The van der Waals surface area contributed by atoms with Crippen LogP contribution in [-0.4, -0.2) is 41.4 Å². The molecule has 0 radical (unpaired) electrons. The number of carbonyl (C=O) groups is 2. The van der Waals surface area contributed by atoms with Crippen LogP contribution in [0.1, 0.15) is 72.8 Å². The first-order valence-electron chi connectivity index (χ1n) is 10.8. The Kier molecular flexibility index (Phi) is 10.3. The van der Waals surface area contributed by atoms with Crippen LogP contribution in [0.4, 0.5) is 4.79 Å². The molecular formula is C24H40N2O4. The van der Waals surface area contributed by atoms with E-state index in [4.69, 9.17) is 4.74 Å². The highest BCUT2D eigenvalue weighted by atomic mass is 16.6. The van der Waals surface area contributed by atoms with Gasteiger partial charge in [0.1, 0.15) is 5.60 Å². The second-order valence-electron chi connectivity index (χ2n) is 10.1. The number of hydrogen-bond donors (Lipinski definition) is 3. The number of nitrogens with one attached hydrogen (secondary N) is 2. The van der Waals surface area contributed by atoms with Crippen molar-refractivity contribution in [1.29, 1.82) is 0 Å². The Bertz CT molecular complexity index is 647. The second kappa shape index (κ2) is 11.9. The number of carbonyl (C=O) groups excluding carboxylic acids is 2. The van der Waals surface area contributed by atoms with Gasteiger partial charge in [0.15, 0.2) is 0 Å². The molecule has 0 fully saturated rings. The van der Waals surface area contributed by atoms with E-state index < -0.39 is 23.8 Å². The van der Waals surface area contributed by atoms with E-state index in [1.807, 2.05) is 30.3 Å². The smallest absolute Gasteiger partial charge is 0.407 e. The van der Waals surface area contributed by atoms with Crippen LogP contribution in [-0.2, 0) is 16.0 Å². The zero-order chi connectivity index (χ0) is 22.8. The van der Waals surface area contributed by atoms with Crippen molar-refractivity contribution in [1.82, 2.24) is 10.6 Å². The zero-order valence-electron chi connectivity index (χ0n) is 19.5. The standard InChI is InChI=1S/C24H40N2O4/c1-23(2,3)15-16-25-21(28)14-10-13-20(27)19(17-18-11-8-7-9-12-18)26-22(29)30-24(4,5)6/h7-9,11-12,19-20,27H,10,13-17H2,1-6H3,(H,25,28)(H,26,29)/t19-,20-/m0/s1. The third-order valence-corrected chi connectivity index (χ3v) is 4.57. The molecule has 0 spiro atoms. The molecular weight excluding hydrogens is 380 g/mol. The topological polar surface area (TPSA) is 87.7 Å². The van der Waals surface area contributed by atoms with E-state index in [-0.39, 0.29) is 11.3 Å². The molecule has 0 unspecified atom stereocenters. The summed E-state index contributed by atoms with van der Waals surface area (Å²) in [6.45, 7) is 12.5. The molecule has 0 saturated carbocycles. The fraction of sp³-hybridized carbons (Fsp3) is 0.667. The molecule has 1 aromatic rings. The Morgan fingerprint density at radius 2 is 1.70 bits per heavy atom. The fourth-order valence-corrected chi connectivity index (χ4v) is 2.95. The zero-order valence-corrected chi connectivity index (χ0v) is 19.5. The molecule has 2 atom stereocenters. The van der Waals surface area contributed by atoms with Gasteiger partial charge in [0.2, 0.25) is 5.91 Å². The Hall–Kier alpha value is -2.08. The number of amides is 2. The summed E-state index contributed by atoms with van der Waals surface area (Å²) in [7, 11) is 0. The second-order valence-corrected chi connectivity index (χ2v) is 10.1. The van der Waals surface area contributed by atoms with E-state index >= 15 is 0 Å². The lowest BCUT2D eigenvalue weighted by atomic mass is 9.92. The van der Waals surface area contributed by atoms with Crippen molar-refractivity contribution in [3.8, 4) is 0 Å². The van der Waals surface area contributed by atoms with Gasteiger partial charge >= 0.3 is 6.09 Å². The summed E-state index contributed by atoms with van der Waals surface area (Å²) in [6, 6.07) is 9.20. The van der Waals surface area contributed by atoms with Gasteiger partial charge in [0.25, 0.3) is 0 Å². The van der Waals surface area contributed by atoms with E-state index in [0.717, 1.165) is 12.0 Å². The Labute approximate surface area is 181 Å². The SMILES string of the molecule is CC(C)(C)CCNC(=O)CCC[C@H](O)[C@H](Cc1ccccc1)NC(=O)OC(C)(C)C. The maximum atomic E-state index is 12.2. The van der Waals surface area contributed by atoms with Gasteiger partial charge in [-0.2, -0.15) is 0 Å². The van der Waals surface area contributed by atoms with E-state index in [1.54, 1.807) is 20.8 Å². The van der Waals surface area contributed by atoms with Crippen molar-refractivity contribution in [3.63, 3.8) is 0 Å². The Morgan fingerprint density at radius 3 is 2.27 bits per heavy atom. The number of rotatable bonds is 10. The fourth-order valence-electron chi connectivity index (χ4n) is 2.95. The number of hydrogen-bond acceptors (Lipinski definition) is 4. The van der Waals surface area contributed by atoms with Crippen LogP contribution < -0.4 is 10.6 Å². The Balaban J connectivity index is 2.56. The molecule has 0 heterocycles. The maximum absolute atomic E-state index is 12.2. The van der Waals surface area contributed by atoms with Gasteiger partial charge in [-0.15, -0.1) is 0 Å². The van der Waals surface area contributed by atoms with E-state index in [1.165, 1.54) is 0 Å². The summed E-state index contributed by atoms with van der Waals surface area (Å²) in [6.07, 6.45) is 1.39. The van der Waals surface area contributed by atoms with Gasteiger partial charge in [0.05, 0.1) is 12.1 Å². The van der Waals surface area contributed by atoms with E-state index in [9.17, 15) is 14.7 Å². The van der Waals surface area contributed by atoms with Crippen molar-refractivity contribution < 1.29 is 19.4 Å².